The maximum absolute atomic E-state index is 12.4. The number of rotatable bonds is 9. The fourth-order valence-electron chi connectivity index (χ4n) is 2.85. The Bertz CT molecular complexity index is 645. The molecule has 26 heavy (non-hydrogen) atoms. The first-order valence-electron chi connectivity index (χ1n) is 9.02. The molecule has 7 nitrogen and oxygen atoms in total. The molecular weight excluding hydrogens is 334 g/mol. The molecule has 0 saturated carbocycles. The third-order valence-corrected chi connectivity index (χ3v) is 4.17. The molecule has 2 rings (SSSR count). The molecular formula is C19H28N3O4+. The lowest BCUT2D eigenvalue weighted by atomic mass is 10.00. The molecule has 142 valence electrons. The highest BCUT2D eigenvalue weighted by Crippen LogP contribution is 2.16. The highest BCUT2D eigenvalue weighted by molar-refractivity contribution is 5.94. The zero-order valence-corrected chi connectivity index (χ0v) is 15.6. The smallest absolute Gasteiger partial charge is 0.338 e. The van der Waals surface area contributed by atoms with Crippen molar-refractivity contribution in [1.29, 1.82) is 0 Å². The van der Waals surface area contributed by atoms with E-state index < -0.39 is 0 Å². The van der Waals surface area contributed by atoms with Crippen molar-refractivity contribution < 1.29 is 24.0 Å². The van der Waals surface area contributed by atoms with Gasteiger partial charge in [0.05, 0.1) is 31.0 Å². The van der Waals surface area contributed by atoms with Crippen LogP contribution in [0, 0.1) is 0 Å². The number of amides is 2. The Balaban J connectivity index is 2.01. The van der Waals surface area contributed by atoms with Crippen molar-refractivity contribution in [1.82, 2.24) is 10.6 Å². The van der Waals surface area contributed by atoms with Gasteiger partial charge in [0, 0.05) is 0 Å². The number of carbonyl (C=O) groups is 2. The highest BCUT2D eigenvalue weighted by Gasteiger charge is 2.32. The van der Waals surface area contributed by atoms with Gasteiger partial charge in [-0.05, 0) is 25.5 Å². The Morgan fingerprint density at radius 1 is 1.23 bits per heavy atom. The van der Waals surface area contributed by atoms with Crippen molar-refractivity contribution in [3.05, 3.63) is 41.6 Å². The van der Waals surface area contributed by atoms with E-state index in [0.29, 0.717) is 37.4 Å². The number of benzene rings is 1. The first kappa shape index (κ1) is 19.8. The SMILES string of the molecule is CCOC(=O)C1=C(C[NH+](C)CCOc2ccccc2)NC(=O)N[C@H]1CC. The summed E-state index contributed by atoms with van der Waals surface area (Å²) in [5, 5.41) is 5.56. The van der Waals surface area contributed by atoms with Gasteiger partial charge < -0.3 is 25.0 Å². The van der Waals surface area contributed by atoms with Gasteiger partial charge >= 0.3 is 12.0 Å². The predicted octanol–water partition coefficient (Wildman–Crippen LogP) is 0.489. The van der Waals surface area contributed by atoms with Crippen molar-refractivity contribution in [3.63, 3.8) is 0 Å². The monoisotopic (exact) mass is 362 g/mol. The molecule has 7 heteroatoms. The molecule has 3 N–H and O–H groups in total. The van der Waals surface area contributed by atoms with E-state index in [0.717, 1.165) is 17.2 Å². The average Bonchev–Trinajstić information content (AvgIpc) is 2.62. The number of hydrogen-bond donors (Lipinski definition) is 3. The lowest BCUT2D eigenvalue weighted by molar-refractivity contribution is -0.874. The number of urea groups is 1. The van der Waals surface area contributed by atoms with Crippen LogP contribution in [-0.4, -0.2) is 51.4 Å². The zero-order valence-electron chi connectivity index (χ0n) is 15.6. The fourth-order valence-corrected chi connectivity index (χ4v) is 2.85. The minimum atomic E-state index is -0.379. The molecule has 0 aromatic heterocycles. The lowest BCUT2D eigenvalue weighted by Gasteiger charge is -2.29. The molecule has 1 heterocycles. The van der Waals surface area contributed by atoms with E-state index in [2.05, 4.69) is 10.6 Å². The van der Waals surface area contributed by atoms with Crippen LogP contribution in [0.5, 0.6) is 5.75 Å². The fraction of sp³-hybridized carbons (Fsp3) is 0.474. The molecule has 1 aromatic carbocycles. The van der Waals surface area contributed by atoms with Gasteiger partial charge in [-0.3, -0.25) is 0 Å². The Morgan fingerprint density at radius 3 is 2.62 bits per heavy atom. The zero-order chi connectivity index (χ0) is 18.9. The first-order chi connectivity index (χ1) is 12.5. The molecule has 1 aliphatic rings. The molecule has 0 bridgehead atoms. The van der Waals surface area contributed by atoms with Gasteiger partial charge in [-0.25, -0.2) is 9.59 Å². The second kappa shape index (κ2) is 9.82. The van der Waals surface area contributed by atoms with Gasteiger partial charge in [-0.1, -0.05) is 25.1 Å². The van der Waals surface area contributed by atoms with E-state index in [9.17, 15) is 9.59 Å². The normalized spacial score (nSPS) is 18.0. The molecule has 0 aliphatic carbocycles. The Morgan fingerprint density at radius 2 is 1.96 bits per heavy atom. The summed E-state index contributed by atoms with van der Waals surface area (Å²) in [4.78, 5) is 25.4. The van der Waals surface area contributed by atoms with E-state index in [1.165, 1.54) is 0 Å². The second-order valence-corrected chi connectivity index (χ2v) is 6.22. The van der Waals surface area contributed by atoms with Crippen molar-refractivity contribution in [2.45, 2.75) is 26.3 Å². The van der Waals surface area contributed by atoms with E-state index in [4.69, 9.17) is 9.47 Å². The third kappa shape index (κ3) is 5.49. The maximum Gasteiger partial charge on any atom is 0.338 e. The average molecular weight is 362 g/mol. The van der Waals surface area contributed by atoms with Gasteiger partial charge in [-0.15, -0.1) is 0 Å². The van der Waals surface area contributed by atoms with Gasteiger partial charge in [0.15, 0.2) is 0 Å². The summed E-state index contributed by atoms with van der Waals surface area (Å²) < 4.78 is 10.9. The van der Waals surface area contributed by atoms with Crippen LogP contribution < -0.4 is 20.3 Å². The van der Waals surface area contributed by atoms with Crippen molar-refractivity contribution in [2.24, 2.45) is 0 Å². The highest BCUT2D eigenvalue weighted by atomic mass is 16.5. The lowest BCUT2D eigenvalue weighted by Crippen LogP contribution is -3.10. The molecule has 0 radical (unpaired) electrons. The van der Waals surface area contributed by atoms with Crippen LogP contribution in [0.4, 0.5) is 4.79 Å². The number of likely N-dealkylation sites (N-methyl/N-ethyl adjacent to an activating group) is 1. The van der Waals surface area contributed by atoms with Crippen LogP contribution in [0.25, 0.3) is 0 Å². The molecule has 2 amide bonds. The van der Waals surface area contributed by atoms with Gasteiger partial charge in [0.1, 0.15) is 25.4 Å². The summed E-state index contributed by atoms with van der Waals surface area (Å²) >= 11 is 0. The van der Waals surface area contributed by atoms with Crippen LogP contribution in [0.15, 0.2) is 41.6 Å². The maximum atomic E-state index is 12.4. The minimum Gasteiger partial charge on any atom is -0.488 e. The largest absolute Gasteiger partial charge is 0.488 e. The molecule has 0 fully saturated rings. The van der Waals surface area contributed by atoms with Crippen molar-refractivity contribution in [3.8, 4) is 5.75 Å². The van der Waals surface area contributed by atoms with Crippen molar-refractivity contribution in [2.75, 3.05) is 33.4 Å². The summed E-state index contributed by atoms with van der Waals surface area (Å²) in [5.74, 6) is 0.447. The molecule has 1 unspecified atom stereocenters. The number of quaternary nitrogens is 1. The summed E-state index contributed by atoms with van der Waals surface area (Å²) in [6.45, 7) is 5.78. The van der Waals surface area contributed by atoms with Crippen molar-refractivity contribution >= 4 is 12.0 Å². The summed E-state index contributed by atoms with van der Waals surface area (Å²) in [7, 11) is 2.00. The summed E-state index contributed by atoms with van der Waals surface area (Å²) in [6.07, 6.45) is 0.626. The van der Waals surface area contributed by atoms with Gasteiger partial charge in [0.2, 0.25) is 0 Å². The van der Waals surface area contributed by atoms with E-state index in [-0.39, 0.29) is 18.0 Å². The first-order valence-corrected chi connectivity index (χ1v) is 9.02. The number of ether oxygens (including phenoxy) is 2. The summed E-state index contributed by atoms with van der Waals surface area (Å²) in [6, 6.07) is 9.01. The topological polar surface area (TPSA) is 81.1 Å². The minimum absolute atomic E-state index is 0.284. The van der Waals surface area contributed by atoms with Crippen LogP contribution in [-0.2, 0) is 9.53 Å². The van der Waals surface area contributed by atoms with E-state index >= 15 is 0 Å². The van der Waals surface area contributed by atoms with Crippen LogP contribution in [0.3, 0.4) is 0 Å². The Kier molecular flexibility index (Phi) is 7.47. The number of nitrogens with one attached hydrogen (secondary N) is 3. The number of hydrogen-bond acceptors (Lipinski definition) is 4. The molecule has 0 spiro atoms. The van der Waals surface area contributed by atoms with Crippen LogP contribution in [0.1, 0.15) is 20.3 Å². The molecule has 1 aliphatic heterocycles. The second-order valence-electron chi connectivity index (χ2n) is 6.22. The third-order valence-electron chi connectivity index (χ3n) is 4.17. The standard InChI is InChI=1S/C19H27N3O4/c1-4-15-17(18(23)25-5-2)16(21-19(24)20-15)13-22(3)11-12-26-14-9-7-6-8-10-14/h6-10,15H,4-5,11-13H2,1-3H3,(H2,20,21,24)/p+1/t15-/m0/s1. The van der Waals surface area contributed by atoms with E-state index in [1.807, 2.05) is 44.3 Å². The van der Waals surface area contributed by atoms with Crippen LogP contribution >= 0.6 is 0 Å². The molecule has 2 atom stereocenters. The number of carbonyl (C=O) groups excluding carboxylic acids is 2. The van der Waals surface area contributed by atoms with Gasteiger partial charge in [-0.2, -0.15) is 0 Å². The number of para-hydroxylation sites is 1. The predicted molar refractivity (Wildman–Crippen MR) is 98.0 cm³/mol. The summed E-state index contributed by atoms with van der Waals surface area (Å²) in [5.41, 5.74) is 1.13. The Hall–Kier alpha value is -2.54. The van der Waals surface area contributed by atoms with Crippen LogP contribution in [0.2, 0.25) is 0 Å². The number of esters is 1. The Labute approximate surface area is 154 Å². The van der Waals surface area contributed by atoms with Gasteiger partial charge in [0.25, 0.3) is 0 Å². The molecule has 1 aromatic rings. The van der Waals surface area contributed by atoms with E-state index in [1.54, 1.807) is 6.92 Å². The quantitative estimate of drug-likeness (QED) is 0.559. The molecule has 0 saturated heterocycles.